The quantitative estimate of drug-likeness (QED) is 0.750. The zero-order valence-electron chi connectivity index (χ0n) is 8.93. The lowest BCUT2D eigenvalue weighted by Crippen LogP contribution is -2.21. The highest BCUT2D eigenvalue weighted by Crippen LogP contribution is 2.26. The molecule has 0 spiro atoms. The van der Waals surface area contributed by atoms with E-state index in [-0.39, 0.29) is 6.61 Å². The van der Waals surface area contributed by atoms with Crippen LogP contribution in [-0.4, -0.2) is 29.8 Å². The third-order valence-electron chi connectivity index (χ3n) is 3.10. The molecule has 0 amide bonds. The first kappa shape index (κ1) is 10.2. The second-order valence-corrected chi connectivity index (χ2v) is 4.27. The Balaban J connectivity index is 2.10. The van der Waals surface area contributed by atoms with Gasteiger partial charge in [-0.1, -0.05) is 6.92 Å². The van der Waals surface area contributed by atoms with Gasteiger partial charge >= 0.3 is 0 Å². The number of hydrogen-bond donors (Lipinski definition) is 2. The monoisotopic (exact) mass is 207 g/mol. The molecule has 3 N–H and O–H groups in total. The molecule has 2 atom stereocenters. The fraction of sp³-hybridized carbons (Fsp3) is 0.545. The molecule has 1 aromatic heterocycles. The average Bonchev–Trinajstić information content (AvgIpc) is 2.61. The Morgan fingerprint density at radius 2 is 2.33 bits per heavy atom. The lowest BCUT2D eigenvalue weighted by molar-refractivity contribution is 0.212. The Labute approximate surface area is 89.7 Å². The van der Waals surface area contributed by atoms with Crippen molar-refractivity contribution < 1.29 is 5.11 Å². The normalized spacial score (nSPS) is 25.9. The van der Waals surface area contributed by atoms with Gasteiger partial charge in [-0.15, -0.1) is 0 Å². The molecule has 2 heterocycles. The van der Waals surface area contributed by atoms with Gasteiger partial charge in [0.2, 0.25) is 0 Å². The first-order valence-corrected chi connectivity index (χ1v) is 5.28. The van der Waals surface area contributed by atoms with Crippen molar-refractivity contribution in [2.24, 2.45) is 11.8 Å². The number of nitrogens with zero attached hydrogens (tertiary/aromatic N) is 2. The summed E-state index contributed by atoms with van der Waals surface area (Å²) in [6.45, 7) is 4.27. The molecule has 15 heavy (non-hydrogen) atoms. The fourth-order valence-corrected chi connectivity index (χ4v) is 2.04. The molecule has 2 unspecified atom stereocenters. The Morgan fingerprint density at radius 3 is 2.87 bits per heavy atom. The van der Waals surface area contributed by atoms with E-state index in [1.165, 1.54) is 0 Å². The number of anilines is 2. The average molecular weight is 207 g/mol. The van der Waals surface area contributed by atoms with E-state index in [0.29, 0.717) is 17.5 Å². The van der Waals surface area contributed by atoms with Crippen molar-refractivity contribution in [2.75, 3.05) is 30.3 Å². The molecule has 1 fully saturated rings. The van der Waals surface area contributed by atoms with Crippen LogP contribution in [0.25, 0.3) is 0 Å². The fourth-order valence-electron chi connectivity index (χ4n) is 2.04. The summed E-state index contributed by atoms with van der Waals surface area (Å²) < 4.78 is 0. The van der Waals surface area contributed by atoms with E-state index < -0.39 is 0 Å². The van der Waals surface area contributed by atoms with Crippen LogP contribution in [0.1, 0.15) is 6.92 Å². The maximum absolute atomic E-state index is 9.18. The zero-order valence-corrected chi connectivity index (χ0v) is 8.93. The Morgan fingerprint density at radius 1 is 1.53 bits per heavy atom. The van der Waals surface area contributed by atoms with E-state index in [4.69, 9.17) is 5.73 Å². The molecule has 1 aromatic rings. The van der Waals surface area contributed by atoms with Gasteiger partial charge in [0.1, 0.15) is 5.82 Å². The molecule has 4 heteroatoms. The van der Waals surface area contributed by atoms with Crippen LogP contribution in [0, 0.1) is 11.8 Å². The van der Waals surface area contributed by atoms with Gasteiger partial charge < -0.3 is 15.7 Å². The lowest BCUT2D eigenvalue weighted by Gasteiger charge is -2.16. The molecule has 0 saturated carbocycles. The van der Waals surface area contributed by atoms with Crippen LogP contribution in [-0.2, 0) is 0 Å². The summed E-state index contributed by atoms with van der Waals surface area (Å²) in [6, 6.07) is 3.79. The second kappa shape index (κ2) is 4.06. The van der Waals surface area contributed by atoms with Gasteiger partial charge in [-0.2, -0.15) is 0 Å². The van der Waals surface area contributed by atoms with Crippen LogP contribution in [0.5, 0.6) is 0 Å². The Bertz CT molecular complexity index is 325. The van der Waals surface area contributed by atoms with E-state index in [2.05, 4.69) is 16.8 Å². The van der Waals surface area contributed by atoms with Crippen molar-refractivity contribution in [3.8, 4) is 0 Å². The predicted octanol–water partition coefficient (Wildman–Crippen LogP) is 0.728. The summed E-state index contributed by atoms with van der Waals surface area (Å²) in [5, 5.41) is 9.18. The Hall–Kier alpha value is -1.29. The third kappa shape index (κ3) is 2.04. The standard InChI is InChI=1S/C11H17N3O/c1-8-5-14(6-9(8)7-15)11-3-2-10(12)4-13-11/h2-4,8-9,15H,5-7,12H2,1H3. The van der Waals surface area contributed by atoms with Gasteiger partial charge in [0, 0.05) is 25.6 Å². The first-order chi connectivity index (χ1) is 7.20. The largest absolute Gasteiger partial charge is 0.397 e. The van der Waals surface area contributed by atoms with Gasteiger partial charge in [0.05, 0.1) is 11.9 Å². The highest BCUT2D eigenvalue weighted by Gasteiger charge is 2.29. The molecule has 1 aliphatic rings. The predicted molar refractivity (Wildman–Crippen MR) is 60.6 cm³/mol. The molecule has 1 saturated heterocycles. The molecule has 0 bridgehead atoms. The number of hydrogen-bond acceptors (Lipinski definition) is 4. The molecule has 2 rings (SSSR count). The van der Waals surface area contributed by atoms with Gasteiger partial charge in [-0.25, -0.2) is 4.98 Å². The van der Waals surface area contributed by atoms with Gasteiger partial charge in [-0.05, 0) is 18.1 Å². The molecular weight excluding hydrogens is 190 g/mol. The maximum atomic E-state index is 9.18. The van der Waals surface area contributed by atoms with Crippen LogP contribution >= 0.6 is 0 Å². The Kier molecular flexibility index (Phi) is 2.77. The van der Waals surface area contributed by atoms with Crippen molar-refractivity contribution in [1.82, 2.24) is 4.98 Å². The number of rotatable bonds is 2. The maximum Gasteiger partial charge on any atom is 0.128 e. The molecule has 0 radical (unpaired) electrons. The SMILES string of the molecule is CC1CN(c2ccc(N)cn2)CC1CO. The summed E-state index contributed by atoms with van der Waals surface area (Å²) in [4.78, 5) is 6.48. The van der Waals surface area contributed by atoms with Crippen molar-refractivity contribution in [3.05, 3.63) is 18.3 Å². The van der Waals surface area contributed by atoms with E-state index in [1.54, 1.807) is 6.20 Å². The van der Waals surface area contributed by atoms with Crippen molar-refractivity contribution in [1.29, 1.82) is 0 Å². The van der Waals surface area contributed by atoms with Crippen LogP contribution < -0.4 is 10.6 Å². The van der Waals surface area contributed by atoms with Crippen molar-refractivity contribution in [2.45, 2.75) is 6.92 Å². The second-order valence-electron chi connectivity index (χ2n) is 4.27. The summed E-state index contributed by atoms with van der Waals surface area (Å²) in [7, 11) is 0. The molecule has 0 aliphatic carbocycles. The van der Waals surface area contributed by atoms with E-state index in [9.17, 15) is 5.11 Å². The number of aliphatic hydroxyl groups excluding tert-OH is 1. The van der Waals surface area contributed by atoms with Crippen molar-refractivity contribution >= 4 is 11.5 Å². The summed E-state index contributed by atoms with van der Waals surface area (Å²) in [5.41, 5.74) is 6.27. The van der Waals surface area contributed by atoms with Gasteiger partial charge in [0.25, 0.3) is 0 Å². The zero-order chi connectivity index (χ0) is 10.8. The molecule has 0 aromatic carbocycles. The molecular formula is C11H17N3O. The summed E-state index contributed by atoms with van der Waals surface area (Å²) in [5.74, 6) is 1.84. The highest BCUT2D eigenvalue weighted by atomic mass is 16.3. The van der Waals surface area contributed by atoms with E-state index >= 15 is 0 Å². The highest BCUT2D eigenvalue weighted by molar-refractivity contribution is 5.46. The van der Waals surface area contributed by atoms with Gasteiger partial charge in [-0.3, -0.25) is 0 Å². The lowest BCUT2D eigenvalue weighted by atomic mass is 10.00. The summed E-state index contributed by atoms with van der Waals surface area (Å²) in [6.07, 6.45) is 1.67. The minimum absolute atomic E-state index is 0.257. The van der Waals surface area contributed by atoms with Crippen LogP contribution in [0.4, 0.5) is 11.5 Å². The number of pyridine rings is 1. The molecule has 1 aliphatic heterocycles. The number of aliphatic hydroxyl groups is 1. The van der Waals surface area contributed by atoms with E-state index in [1.807, 2.05) is 12.1 Å². The minimum atomic E-state index is 0.257. The third-order valence-corrected chi connectivity index (χ3v) is 3.10. The molecule has 4 nitrogen and oxygen atoms in total. The van der Waals surface area contributed by atoms with Gasteiger partial charge in [0.15, 0.2) is 0 Å². The summed E-state index contributed by atoms with van der Waals surface area (Å²) >= 11 is 0. The number of aromatic nitrogens is 1. The smallest absolute Gasteiger partial charge is 0.128 e. The van der Waals surface area contributed by atoms with E-state index in [0.717, 1.165) is 18.9 Å². The first-order valence-electron chi connectivity index (χ1n) is 5.28. The number of nitrogens with two attached hydrogens (primary N) is 1. The number of nitrogen functional groups attached to an aromatic ring is 1. The van der Waals surface area contributed by atoms with Crippen LogP contribution in [0.2, 0.25) is 0 Å². The minimum Gasteiger partial charge on any atom is -0.397 e. The topological polar surface area (TPSA) is 62.4 Å². The van der Waals surface area contributed by atoms with Crippen molar-refractivity contribution in [3.63, 3.8) is 0 Å². The van der Waals surface area contributed by atoms with Crippen LogP contribution in [0.15, 0.2) is 18.3 Å². The van der Waals surface area contributed by atoms with Crippen LogP contribution in [0.3, 0.4) is 0 Å². The molecule has 82 valence electrons.